The van der Waals surface area contributed by atoms with Gasteiger partial charge in [0.15, 0.2) is 0 Å². The van der Waals surface area contributed by atoms with Crippen molar-refractivity contribution in [3.8, 4) is 23.3 Å². The second kappa shape index (κ2) is 5.44. The third-order valence-corrected chi connectivity index (χ3v) is 2.23. The summed E-state index contributed by atoms with van der Waals surface area (Å²) in [7, 11) is 3.16. The highest BCUT2D eigenvalue weighted by Crippen LogP contribution is 2.28. The number of hydrogen-bond acceptors (Lipinski definition) is 4. The van der Waals surface area contributed by atoms with E-state index in [2.05, 4.69) is 6.07 Å². The van der Waals surface area contributed by atoms with Crippen LogP contribution in [0.5, 0.6) is 17.2 Å². The molecule has 1 aromatic rings. The Bertz CT molecular complexity index is 399. The first kappa shape index (κ1) is 13.2. The van der Waals surface area contributed by atoms with Crippen molar-refractivity contribution in [2.24, 2.45) is 5.41 Å². The van der Waals surface area contributed by atoms with Crippen molar-refractivity contribution in [2.75, 3.05) is 20.8 Å². The van der Waals surface area contributed by atoms with E-state index in [1.54, 1.807) is 32.4 Å². The molecule has 0 aliphatic heterocycles. The minimum atomic E-state index is -0.518. The van der Waals surface area contributed by atoms with Gasteiger partial charge in [0.05, 0.1) is 25.7 Å². The molecular weight excluding hydrogens is 218 g/mol. The molecule has 0 saturated heterocycles. The van der Waals surface area contributed by atoms with Crippen molar-refractivity contribution >= 4 is 0 Å². The SMILES string of the molecule is COc1cc(OC)cc(OCC(C)(C)C#N)c1. The third kappa shape index (κ3) is 3.87. The minimum absolute atomic E-state index is 0.319. The van der Waals surface area contributed by atoms with Crippen LogP contribution in [0.25, 0.3) is 0 Å². The predicted molar refractivity (Wildman–Crippen MR) is 64.4 cm³/mol. The fraction of sp³-hybridized carbons (Fsp3) is 0.462. The van der Waals surface area contributed by atoms with Gasteiger partial charge in [-0.2, -0.15) is 5.26 Å². The van der Waals surface area contributed by atoms with Gasteiger partial charge in [-0.1, -0.05) is 0 Å². The van der Waals surface area contributed by atoms with Crippen molar-refractivity contribution in [3.05, 3.63) is 18.2 Å². The summed E-state index contributed by atoms with van der Waals surface area (Å²) < 4.78 is 15.8. The molecule has 0 amide bonds. The normalized spacial score (nSPS) is 10.5. The molecule has 0 saturated carbocycles. The fourth-order valence-electron chi connectivity index (χ4n) is 1.16. The molecule has 0 heterocycles. The van der Waals surface area contributed by atoms with Crippen LogP contribution in [0.2, 0.25) is 0 Å². The van der Waals surface area contributed by atoms with E-state index in [1.165, 1.54) is 0 Å². The van der Waals surface area contributed by atoms with Gasteiger partial charge in [-0.15, -0.1) is 0 Å². The first-order valence-corrected chi connectivity index (χ1v) is 5.28. The molecule has 1 rings (SSSR count). The van der Waals surface area contributed by atoms with Gasteiger partial charge in [-0.05, 0) is 13.8 Å². The molecule has 0 atom stereocenters. The van der Waals surface area contributed by atoms with E-state index < -0.39 is 5.41 Å². The zero-order chi connectivity index (χ0) is 12.9. The number of benzene rings is 1. The Morgan fingerprint density at radius 1 is 1.06 bits per heavy atom. The van der Waals surface area contributed by atoms with E-state index in [9.17, 15) is 0 Å². The van der Waals surface area contributed by atoms with Crippen molar-refractivity contribution in [1.82, 2.24) is 0 Å². The number of ether oxygens (including phenoxy) is 3. The van der Waals surface area contributed by atoms with Gasteiger partial charge in [0.2, 0.25) is 0 Å². The lowest BCUT2D eigenvalue weighted by atomic mass is 9.98. The number of nitriles is 1. The third-order valence-electron chi connectivity index (χ3n) is 2.23. The largest absolute Gasteiger partial charge is 0.496 e. The van der Waals surface area contributed by atoms with Crippen LogP contribution in [0.1, 0.15) is 13.8 Å². The van der Waals surface area contributed by atoms with E-state index in [4.69, 9.17) is 19.5 Å². The molecule has 17 heavy (non-hydrogen) atoms. The zero-order valence-corrected chi connectivity index (χ0v) is 10.6. The van der Waals surface area contributed by atoms with Crippen LogP contribution >= 0.6 is 0 Å². The Labute approximate surface area is 102 Å². The highest BCUT2D eigenvalue weighted by molar-refractivity contribution is 5.42. The van der Waals surface area contributed by atoms with Crippen molar-refractivity contribution in [2.45, 2.75) is 13.8 Å². The summed E-state index contributed by atoms with van der Waals surface area (Å²) in [4.78, 5) is 0. The minimum Gasteiger partial charge on any atom is -0.496 e. The molecular formula is C13H17NO3. The van der Waals surface area contributed by atoms with Crippen molar-refractivity contribution < 1.29 is 14.2 Å². The standard InChI is InChI=1S/C13H17NO3/c1-13(2,8-14)9-17-12-6-10(15-3)5-11(7-12)16-4/h5-7H,9H2,1-4H3. The van der Waals surface area contributed by atoms with Crippen LogP contribution < -0.4 is 14.2 Å². The van der Waals surface area contributed by atoms with Crippen LogP contribution in [-0.4, -0.2) is 20.8 Å². The Morgan fingerprint density at radius 2 is 1.53 bits per heavy atom. The second-order valence-corrected chi connectivity index (χ2v) is 4.33. The highest BCUT2D eigenvalue weighted by Gasteiger charge is 2.18. The maximum absolute atomic E-state index is 8.89. The molecule has 0 aliphatic rings. The lowest BCUT2D eigenvalue weighted by molar-refractivity contribution is 0.225. The number of methoxy groups -OCH3 is 2. The van der Waals surface area contributed by atoms with E-state index in [-0.39, 0.29) is 0 Å². The van der Waals surface area contributed by atoms with Crippen LogP contribution in [0.15, 0.2) is 18.2 Å². The second-order valence-electron chi connectivity index (χ2n) is 4.33. The fourth-order valence-corrected chi connectivity index (χ4v) is 1.16. The Kier molecular flexibility index (Phi) is 4.22. The Balaban J connectivity index is 2.81. The quantitative estimate of drug-likeness (QED) is 0.787. The zero-order valence-electron chi connectivity index (χ0n) is 10.6. The molecule has 0 fully saturated rings. The Hall–Kier alpha value is -1.89. The summed E-state index contributed by atoms with van der Waals surface area (Å²) >= 11 is 0. The topological polar surface area (TPSA) is 51.5 Å². The van der Waals surface area contributed by atoms with Crippen LogP contribution in [0, 0.1) is 16.7 Å². The lowest BCUT2D eigenvalue weighted by Crippen LogP contribution is -2.18. The maximum Gasteiger partial charge on any atom is 0.126 e. The molecule has 0 aromatic heterocycles. The van der Waals surface area contributed by atoms with Gasteiger partial charge in [0.1, 0.15) is 23.9 Å². The number of hydrogen-bond donors (Lipinski definition) is 0. The van der Waals surface area contributed by atoms with E-state index in [0.717, 1.165) is 0 Å². The first-order valence-electron chi connectivity index (χ1n) is 5.28. The number of nitrogens with zero attached hydrogens (tertiary/aromatic N) is 1. The molecule has 4 heteroatoms. The summed E-state index contributed by atoms with van der Waals surface area (Å²) in [5.74, 6) is 1.95. The van der Waals surface area contributed by atoms with Crippen molar-refractivity contribution in [3.63, 3.8) is 0 Å². The van der Waals surface area contributed by atoms with Gasteiger partial charge >= 0.3 is 0 Å². The summed E-state index contributed by atoms with van der Waals surface area (Å²) in [6, 6.07) is 7.47. The molecule has 0 spiro atoms. The number of rotatable bonds is 5. The molecule has 1 aromatic carbocycles. The summed E-state index contributed by atoms with van der Waals surface area (Å²) in [6.45, 7) is 3.97. The molecule has 4 nitrogen and oxygen atoms in total. The van der Waals surface area contributed by atoms with E-state index in [1.807, 2.05) is 13.8 Å². The van der Waals surface area contributed by atoms with E-state index in [0.29, 0.717) is 23.9 Å². The summed E-state index contributed by atoms with van der Waals surface area (Å²) in [5.41, 5.74) is -0.518. The van der Waals surface area contributed by atoms with E-state index >= 15 is 0 Å². The summed E-state index contributed by atoms with van der Waals surface area (Å²) in [6.07, 6.45) is 0. The van der Waals surface area contributed by atoms with Gasteiger partial charge in [-0.3, -0.25) is 0 Å². The Morgan fingerprint density at radius 3 is 1.94 bits per heavy atom. The average Bonchev–Trinajstić information content (AvgIpc) is 2.36. The van der Waals surface area contributed by atoms with Gasteiger partial charge in [0, 0.05) is 18.2 Å². The van der Waals surface area contributed by atoms with Crippen LogP contribution in [-0.2, 0) is 0 Å². The highest BCUT2D eigenvalue weighted by atomic mass is 16.5. The molecule has 0 aliphatic carbocycles. The average molecular weight is 235 g/mol. The predicted octanol–water partition coefficient (Wildman–Crippen LogP) is 2.63. The lowest BCUT2D eigenvalue weighted by Gasteiger charge is -2.17. The van der Waals surface area contributed by atoms with Crippen LogP contribution in [0.3, 0.4) is 0 Å². The van der Waals surface area contributed by atoms with Crippen LogP contribution in [0.4, 0.5) is 0 Å². The smallest absolute Gasteiger partial charge is 0.126 e. The first-order chi connectivity index (χ1) is 8.00. The molecule has 0 unspecified atom stereocenters. The van der Waals surface area contributed by atoms with Gasteiger partial charge < -0.3 is 14.2 Å². The maximum atomic E-state index is 8.89. The molecule has 0 radical (unpaired) electrons. The monoisotopic (exact) mass is 235 g/mol. The van der Waals surface area contributed by atoms with Gasteiger partial charge in [0.25, 0.3) is 0 Å². The van der Waals surface area contributed by atoms with Crippen molar-refractivity contribution in [1.29, 1.82) is 5.26 Å². The molecule has 92 valence electrons. The van der Waals surface area contributed by atoms with Gasteiger partial charge in [-0.25, -0.2) is 0 Å². The summed E-state index contributed by atoms with van der Waals surface area (Å²) in [5, 5.41) is 8.89. The molecule has 0 bridgehead atoms. The molecule has 0 N–H and O–H groups in total.